The van der Waals surface area contributed by atoms with E-state index in [9.17, 15) is 15.0 Å². The first-order valence-corrected chi connectivity index (χ1v) is 4.18. The van der Waals surface area contributed by atoms with Gasteiger partial charge in [0.25, 0.3) is 5.91 Å². The van der Waals surface area contributed by atoms with Crippen LogP contribution in [0.2, 0.25) is 0 Å². The molecule has 0 aromatic heterocycles. The predicted octanol–water partition coefficient (Wildman–Crippen LogP) is -1.04. The minimum Gasteiger partial charge on any atom is -0.387 e. The number of aliphatic hydroxyl groups excluding tert-OH is 1. The van der Waals surface area contributed by atoms with Crippen LogP contribution in [0.25, 0.3) is 0 Å². The lowest BCUT2D eigenvalue weighted by Gasteiger charge is -2.15. The normalized spacial score (nSPS) is 33.1. The van der Waals surface area contributed by atoms with E-state index in [0.29, 0.717) is 6.42 Å². The maximum atomic E-state index is 11.4. The number of hydrogen-bond acceptors (Lipinski definition) is 3. The quantitative estimate of drug-likeness (QED) is 0.472. The third kappa shape index (κ3) is 1.53. The molecule has 1 saturated heterocycles. The smallest absolute Gasteiger partial charge is 0.269 e. The lowest BCUT2D eigenvalue weighted by molar-refractivity contribution is -0.140. The molecule has 0 aromatic carbocycles. The molecule has 0 aromatic rings. The summed E-state index contributed by atoms with van der Waals surface area (Å²) in [4.78, 5) is 12.6. The van der Waals surface area contributed by atoms with Gasteiger partial charge in [-0.05, 0) is 0 Å². The van der Waals surface area contributed by atoms with Gasteiger partial charge in [0.2, 0.25) is 5.60 Å². The first kappa shape index (κ1) is 10.0. The highest BCUT2D eigenvalue weighted by Crippen LogP contribution is 2.21. The van der Waals surface area contributed by atoms with Gasteiger partial charge in [0.1, 0.15) is 6.10 Å². The molecular formula is C9H13NO3. The minimum absolute atomic E-state index is 0.133. The number of amides is 1. The molecule has 1 aliphatic heterocycles. The van der Waals surface area contributed by atoms with Gasteiger partial charge in [0, 0.05) is 13.5 Å². The molecule has 1 fully saturated rings. The largest absolute Gasteiger partial charge is 0.387 e. The van der Waals surface area contributed by atoms with Crippen LogP contribution in [-0.2, 0) is 4.79 Å². The second kappa shape index (κ2) is 3.36. The number of likely N-dealkylation sites (N-methyl/N-ethyl adjacent to an activating group) is 1. The van der Waals surface area contributed by atoms with Crippen LogP contribution in [0.3, 0.4) is 0 Å². The van der Waals surface area contributed by atoms with Crippen LogP contribution in [0.4, 0.5) is 0 Å². The highest BCUT2D eigenvalue weighted by molar-refractivity contribution is 5.91. The third-order valence-electron chi connectivity index (χ3n) is 2.06. The zero-order valence-electron chi connectivity index (χ0n) is 7.74. The van der Waals surface area contributed by atoms with Gasteiger partial charge in [-0.25, -0.2) is 0 Å². The van der Waals surface area contributed by atoms with Gasteiger partial charge in [-0.1, -0.05) is 18.8 Å². The van der Waals surface area contributed by atoms with Crippen molar-refractivity contribution in [2.24, 2.45) is 0 Å². The molecule has 0 radical (unpaired) electrons. The van der Waals surface area contributed by atoms with Crippen molar-refractivity contribution in [1.29, 1.82) is 0 Å². The number of aliphatic hydroxyl groups is 2. The summed E-state index contributed by atoms with van der Waals surface area (Å²) in [6.45, 7) is 1.94. The Hall–Kier alpha value is -1.05. The van der Waals surface area contributed by atoms with Crippen LogP contribution in [0.1, 0.15) is 13.3 Å². The fraction of sp³-hybridized carbons (Fsp3) is 0.667. The van der Waals surface area contributed by atoms with Crippen molar-refractivity contribution in [3.63, 3.8) is 0 Å². The summed E-state index contributed by atoms with van der Waals surface area (Å²) < 4.78 is 0. The highest BCUT2D eigenvalue weighted by atomic mass is 16.4. The molecule has 72 valence electrons. The molecule has 0 aliphatic carbocycles. The Morgan fingerprint density at radius 1 is 1.77 bits per heavy atom. The van der Waals surface area contributed by atoms with E-state index in [1.807, 2.05) is 6.92 Å². The maximum absolute atomic E-state index is 11.4. The summed E-state index contributed by atoms with van der Waals surface area (Å²) in [6, 6.07) is 0. The summed E-state index contributed by atoms with van der Waals surface area (Å²) in [7, 11) is 1.52. The molecule has 0 spiro atoms. The molecule has 2 unspecified atom stereocenters. The Morgan fingerprint density at radius 2 is 2.38 bits per heavy atom. The molecule has 1 heterocycles. The van der Waals surface area contributed by atoms with Gasteiger partial charge in [0.05, 0.1) is 6.54 Å². The summed E-state index contributed by atoms with van der Waals surface area (Å²) in [5, 5.41) is 19.1. The van der Waals surface area contributed by atoms with Crippen molar-refractivity contribution in [2.75, 3.05) is 13.6 Å². The van der Waals surface area contributed by atoms with Crippen LogP contribution in [-0.4, -0.2) is 46.3 Å². The molecule has 4 nitrogen and oxygen atoms in total. The van der Waals surface area contributed by atoms with Crippen molar-refractivity contribution >= 4 is 5.91 Å². The molecule has 1 aliphatic rings. The summed E-state index contributed by atoms with van der Waals surface area (Å²) in [5.74, 6) is 4.48. The van der Waals surface area contributed by atoms with E-state index in [-0.39, 0.29) is 6.54 Å². The van der Waals surface area contributed by atoms with Gasteiger partial charge < -0.3 is 15.1 Å². The average molecular weight is 183 g/mol. The van der Waals surface area contributed by atoms with Gasteiger partial charge in [0.15, 0.2) is 0 Å². The summed E-state index contributed by atoms with van der Waals surface area (Å²) in [5.41, 5.74) is -1.88. The fourth-order valence-corrected chi connectivity index (χ4v) is 1.27. The molecule has 13 heavy (non-hydrogen) atoms. The van der Waals surface area contributed by atoms with E-state index in [1.54, 1.807) is 0 Å². The number of rotatable bonds is 0. The Morgan fingerprint density at radius 3 is 2.77 bits per heavy atom. The molecular weight excluding hydrogens is 170 g/mol. The zero-order chi connectivity index (χ0) is 10.1. The molecule has 2 N–H and O–H groups in total. The maximum Gasteiger partial charge on any atom is 0.269 e. The van der Waals surface area contributed by atoms with E-state index in [4.69, 9.17) is 0 Å². The van der Waals surface area contributed by atoms with Crippen LogP contribution in [0, 0.1) is 11.8 Å². The lowest BCUT2D eigenvalue weighted by Crippen LogP contribution is -2.44. The van der Waals surface area contributed by atoms with Crippen molar-refractivity contribution in [3.05, 3.63) is 0 Å². The standard InChI is InChI=1S/C9H13NO3/c1-3-4-5-9(13)7(11)6-10(2)8(9)12/h7,11,13H,3,6H2,1-2H3. The van der Waals surface area contributed by atoms with Gasteiger partial charge in [-0.15, -0.1) is 0 Å². The van der Waals surface area contributed by atoms with Crippen LogP contribution < -0.4 is 0 Å². The number of β-amino-alcohol motifs (C(OH)–C–C–N with tert-alkyl or cyclic N) is 1. The number of hydrogen-bond donors (Lipinski definition) is 2. The van der Waals surface area contributed by atoms with Crippen molar-refractivity contribution in [1.82, 2.24) is 4.90 Å². The summed E-state index contributed by atoms with van der Waals surface area (Å²) >= 11 is 0. The molecule has 4 heteroatoms. The Labute approximate surface area is 77.2 Å². The molecule has 1 amide bonds. The number of nitrogens with zero attached hydrogens (tertiary/aromatic N) is 1. The Kier molecular flexibility index (Phi) is 2.60. The van der Waals surface area contributed by atoms with E-state index in [1.165, 1.54) is 11.9 Å². The lowest BCUT2D eigenvalue weighted by atomic mass is 10.0. The fourth-order valence-electron chi connectivity index (χ4n) is 1.27. The van der Waals surface area contributed by atoms with Gasteiger partial charge in [-0.2, -0.15) is 0 Å². The molecule has 0 bridgehead atoms. The van der Waals surface area contributed by atoms with Crippen molar-refractivity contribution in [2.45, 2.75) is 25.0 Å². The SMILES string of the molecule is CCC#CC1(O)C(=O)N(C)CC1O. The average Bonchev–Trinajstić information content (AvgIpc) is 2.28. The Bertz CT molecular complexity index is 278. The van der Waals surface area contributed by atoms with Crippen LogP contribution in [0.15, 0.2) is 0 Å². The number of carbonyl (C=O) groups excluding carboxylic acids is 1. The van der Waals surface area contributed by atoms with Gasteiger partial charge in [-0.3, -0.25) is 4.79 Å². The van der Waals surface area contributed by atoms with E-state index in [2.05, 4.69) is 11.8 Å². The Balaban J connectivity index is 2.94. The monoisotopic (exact) mass is 183 g/mol. The van der Waals surface area contributed by atoms with Crippen LogP contribution >= 0.6 is 0 Å². The topological polar surface area (TPSA) is 60.8 Å². The minimum atomic E-state index is -1.88. The van der Waals surface area contributed by atoms with Crippen LogP contribution in [0.5, 0.6) is 0 Å². The second-order valence-corrected chi connectivity index (χ2v) is 3.12. The number of carbonyl (C=O) groups is 1. The second-order valence-electron chi connectivity index (χ2n) is 3.12. The third-order valence-corrected chi connectivity index (χ3v) is 2.06. The molecule has 2 atom stereocenters. The van der Waals surface area contributed by atoms with Gasteiger partial charge >= 0.3 is 0 Å². The molecule has 0 saturated carbocycles. The first-order chi connectivity index (χ1) is 6.02. The summed E-state index contributed by atoms with van der Waals surface area (Å²) in [6.07, 6.45) is -0.560. The van der Waals surface area contributed by atoms with E-state index >= 15 is 0 Å². The number of likely N-dealkylation sites (tertiary alicyclic amines) is 1. The predicted molar refractivity (Wildman–Crippen MR) is 46.7 cm³/mol. The van der Waals surface area contributed by atoms with E-state index < -0.39 is 17.6 Å². The zero-order valence-corrected chi connectivity index (χ0v) is 7.74. The van der Waals surface area contributed by atoms with Crippen molar-refractivity contribution in [3.8, 4) is 11.8 Å². The highest BCUT2D eigenvalue weighted by Gasteiger charge is 2.50. The molecule has 1 rings (SSSR count). The first-order valence-electron chi connectivity index (χ1n) is 4.18. The van der Waals surface area contributed by atoms with E-state index in [0.717, 1.165) is 0 Å². The van der Waals surface area contributed by atoms with Crippen molar-refractivity contribution < 1.29 is 15.0 Å².